The third kappa shape index (κ3) is 5.53. The third-order valence-electron chi connectivity index (χ3n) is 2.50. The SMILES string of the molecule is CC(C)(C)NC(CC(O)CCl)c1ccccc1. The number of rotatable bonds is 5. The summed E-state index contributed by atoms with van der Waals surface area (Å²) in [4.78, 5) is 0. The average Bonchev–Trinajstić information content (AvgIpc) is 2.27. The lowest BCUT2D eigenvalue weighted by molar-refractivity contribution is 0.163. The molecule has 0 aliphatic heterocycles. The van der Waals surface area contributed by atoms with Gasteiger partial charge in [-0.25, -0.2) is 0 Å². The molecule has 0 aliphatic rings. The predicted molar refractivity (Wildman–Crippen MR) is 73.4 cm³/mol. The summed E-state index contributed by atoms with van der Waals surface area (Å²) in [6.45, 7) is 6.36. The molecule has 0 spiro atoms. The van der Waals surface area contributed by atoms with Crippen LogP contribution >= 0.6 is 11.6 Å². The molecule has 1 aromatic carbocycles. The highest BCUT2D eigenvalue weighted by Crippen LogP contribution is 2.22. The minimum atomic E-state index is -0.475. The first-order valence-electron chi connectivity index (χ1n) is 5.99. The van der Waals surface area contributed by atoms with Gasteiger partial charge in [-0.1, -0.05) is 30.3 Å². The van der Waals surface area contributed by atoms with Crippen LogP contribution in [0.25, 0.3) is 0 Å². The maximum absolute atomic E-state index is 9.71. The molecule has 0 heterocycles. The van der Waals surface area contributed by atoms with Crippen molar-refractivity contribution in [3.63, 3.8) is 0 Å². The van der Waals surface area contributed by atoms with Crippen LogP contribution in [0.3, 0.4) is 0 Å². The number of halogens is 1. The smallest absolute Gasteiger partial charge is 0.0693 e. The number of aliphatic hydroxyl groups excluding tert-OH is 1. The predicted octanol–water partition coefficient (Wildman–Crippen LogP) is 3.11. The lowest BCUT2D eigenvalue weighted by Gasteiger charge is -2.30. The zero-order valence-corrected chi connectivity index (χ0v) is 11.5. The van der Waals surface area contributed by atoms with E-state index in [2.05, 4.69) is 38.2 Å². The van der Waals surface area contributed by atoms with Crippen molar-refractivity contribution >= 4 is 11.6 Å². The molecule has 2 N–H and O–H groups in total. The Hall–Kier alpha value is -0.570. The Bertz CT molecular complexity index is 321. The molecule has 0 aromatic heterocycles. The van der Waals surface area contributed by atoms with Crippen LogP contribution in [0, 0.1) is 0 Å². The number of aliphatic hydroxyl groups is 1. The van der Waals surface area contributed by atoms with Gasteiger partial charge >= 0.3 is 0 Å². The van der Waals surface area contributed by atoms with Gasteiger partial charge in [-0.3, -0.25) is 0 Å². The van der Waals surface area contributed by atoms with Gasteiger partial charge in [0.25, 0.3) is 0 Å². The fraction of sp³-hybridized carbons (Fsp3) is 0.571. The van der Waals surface area contributed by atoms with Crippen LogP contribution in [-0.2, 0) is 0 Å². The summed E-state index contributed by atoms with van der Waals surface area (Å²) in [5.74, 6) is 0.273. The topological polar surface area (TPSA) is 32.3 Å². The molecule has 0 fully saturated rings. The Morgan fingerprint density at radius 3 is 2.29 bits per heavy atom. The van der Waals surface area contributed by atoms with E-state index >= 15 is 0 Å². The van der Waals surface area contributed by atoms with Crippen LogP contribution in [0.15, 0.2) is 30.3 Å². The zero-order chi connectivity index (χ0) is 12.9. The lowest BCUT2D eigenvalue weighted by atomic mass is 9.97. The number of benzene rings is 1. The largest absolute Gasteiger partial charge is 0.392 e. The maximum Gasteiger partial charge on any atom is 0.0693 e. The van der Waals surface area contributed by atoms with E-state index in [1.807, 2.05) is 18.2 Å². The van der Waals surface area contributed by atoms with Gasteiger partial charge in [0, 0.05) is 17.5 Å². The molecule has 1 aromatic rings. The molecular formula is C14H22ClNO. The van der Waals surface area contributed by atoms with Crippen molar-refractivity contribution in [1.29, 1.82) is 0 Å². The molecular weight excluding hydrogens is 234 g/mol. The van der Waals surface area contributed by atoms with E-state index in [0.29, 0.717) is 6.42 Å². The van der Waals surface area contributed by atoms with Gasteiger partial charge in [0.2, 0.25) is 0 Å². The number of hydrogen-bond acceptors (Lipinski definition) is 2. The van der Waals surface area contributed by atoms with E-state index in [4.69, 9.17) is 11.6 Å². The fourth-order valence-corrected chi connectivity index (χ4v) is 1.95. The number of hydrogen-bond donors (Lipinski definition) is 2. The quantitative estimate of drug-likeness (QED) is 0.793. The van der Waals surface area contributed by atoms with Crippen molar-refractivity contribution in [2.45, 2.75) is 44.9 Å². The van der Waals surface area contributed by atoms with Gasteiger partial charge in [-0.2, -0.15) is 0 Å². The first kappa shape index (κ1) is 14.5. The second-order valence-corrected chi connectivity index (χ2v) is 5.71. The van der Waals surface area contributed by atoms with Gasteiger partial charge in [-0.15, -0.1) is 11.6 Å². The van der Waals surface area contributed by atoms with Gasteiger partial charge in [0.05, 0.1) is 6.10 Å². The fourth-order valence-electron chi connectivity index (χ4n) is 1.82. The Kier molecular flexibility index (Phi) is 5.44. The molecule has 2 nitrogen and oxygen atoms in total. The van der Waals surface area contributed by atoms with E-state index in [0.717, 1.165) is 0 Å². The molecule has 2 unspecified atom stereocenters. The Morgan fingerprint density at radius 2 is 1.82 bits per heavy atom. The Balaban J connectivity index is 2.79. The Labute approximate surface area is 109 Å². The van der Waals surface area contributed by atoms with Crippen LogP contribution in [0.5, 0.6) is 0 Å². The summed E-state index contributed by atoms with van der Waals surface area (Å²) in [5, 5.41) is 13.2. The molecule has 0 aliphatic carbocycles. The molecule has 0 saturated carbocycles. The van der Waals surface area contributed by atoms with Crippen molar-refractivity contribution in [3.05, 3.63) is 35.9 Å². The van der Waals surface area contributed by atoms with E-state index in [1.54, 1.807) is 0 Å². The third-order valence-corrected chi connectivity index (χ3v) is 2.85. The van der Waals surface area contributed by atoms with Crippen molar-refractivity contribution in [3.8, 4) is 0 Å². The van der Waals surface area contributed by atoms with Crippen LogP contribution in [0.2, 0.25) is 0 Å². The molecule has 3 heteroatoms. The average molecular weight is 256 g/mol. The zero-order valence-electron chi connectivity index (χ0n) is 10.8. The second kappa shape index (κ2) is 6.39. The van der Waals surface area contributed by atoms with E-state index in [9.17, 15) is 5.11 Å². The van der Waals surface area contributed by atoms with E-state index < -0.39 is 6.10 Å². The summed E-state index contributed by atoms with van der Waals surface area (Å²) in [5.41, 5.74) is 1.19. The first-order chi connectivity index (χ1) is 7.92. The molecule has 17 heavy (non-hydrogen) atoms. The summed E-state index contributed by atoms with van der Waals surface area (Å²) in [7, 11) is 0. The molecule has 0 amide bonds. The molecule has 0 radical (unpaired) electrons. The van der Waals surface area contributed by atoms with Crippen LogP contribution < -0.4 is 5.32 Å². The molecule has 0 bridgehead atoms. The molecule has 0 saturated heterocycles. The van der Waals surface area contributed by atoms with Gasteiger partial charge in [0.1, 0.15) is 0 Å². The summed E-state index contributed by atoms with van der Waals surface area (Å²) < 4.78 is 0. The van der Waals surface area contributed by atoms with Gasteiger partial charge in [0.15, 0.2) is 0 Å². The number of nitrogens with one attached hydrogen (secondary N) is 1. The summed E-state index contributed by atoms with van der Waals surface area (Å²) in [6, 6.07) is 10.3. The van der Waals surface area contributed by atoms with Gasteiger partial charge < -0.3 is 10.4 Å². The monoisotopic (exact) mass is 255 g/mol. The van der Waals surface area contributed by atoms with Crippen LogP contribution in [-0.4, -0.2) is 22.6 Å². The highest BCUT2D eigenvalue weighted by molar-refractivity contribution is 6.18. The minimum absolute atomic E-state index is 0.00649. The molecule has 1 rings (SSSR count). The standard InChI is InChI=1S/C14H22ClNO/c1-14(2,3)16-13(9-12(17)10-15)11-7-5-4-6-8-11/h4-8,12-13,16-17H,9-10H2,1-3H3. The maximum atomic E-state index is 9.71. The number of alkyl halides is 1. The normalized spacial score (nSPS) is 15.6. The van der Waals surface area contributed by atoms with Gasteiger partial charge in [-0.05, 0) is 32.8 Å². The van der Waals surface area contributed by atoms with Crippen molar-refractivity contribution < 1.29 is 5.11 Å². The minimum Gasteiger partial charge on any atom is -0.392 e. The molecule has 2 atom stereocenters. The lowest BCUT2D eigenvalue weighted by Crippen LogP contribution is -2.40. The highest BCUT2D eigenvalue weighted by atomic mass is 35.5. The van der Waals surface area contributed by atoms with Crippen LogP contribution in [0.1, 0.15) is 38.8 Å². The first-order valence-corrected chi connectivity index (χ1v) is 6.52. The summed E-state index contributed by atoms with van der Waals surface area (Å²) >= 11 is 5.68. The van der Waals surface area contributed by atoms with Crippen LogP contribution in [0.4, 0.5) is 0 Å². The summed E-state index contributed by atoms with van der Waals surface area (Å²) in [6.07, 6.45) is 0.154. The highest BCUT2D eigenvalue weighted by Gasteiger charge is 2.21. The van der Waals surface area contributed by atoms with Crippen molar-refractivity contribution in [2.24, 2.45) is 0 Å². The van der Waals surface area contributed by atoms with Crippen molar-refractivity contribution in [1.82, 2.24) is 5.32 Å². The Morgan fingerprint density at radius 1 is 1.24 bits per heavy atom. The van der Waals surface area contributed by atoms with E-state index in [1.165, 1.54) is 5.56 Å². The van der Waals surface area contributed by atoms with E-state index in [-0.39, 0.29) is 17.5 Å². The second-order valence-electron chi connectivity index (χ2n) is 5.40. The van der Waals surface area contributed by atoms with Crippen molar-refractivity contribution in [2.75, 3.05) is 5.88 Å². The molecule has 96 valence electrons.